The fourth-order valence-corrected chi connectivity index (χ4v) is 4.58. The van der Waals surface area contributed by atoms with E-state index < -0.39 is 5.91 Å². The molecule has 1 amide bonds. The van der Waals surface area contributed by atoms with Crippen LogP contribution in [0.15, 0.2) is 46.0 Å². The van der Waals surface area contributed by atoms with Crippen LogP contribution in [0.25, 0.3) is 11.8 Å². The molecule has 1 N–H and O–H groups in total. The van der Waals surface area contributed by atoms with Gasteiger partial charge in [-0.1, -0.05) is 17.7 Å². The maximum absolute atomic E-state index is 12.6. The third-order valence-electron chi connectivity index (χ3n) is 4.67. The van der Waals surface area contributed by atoms with E-state index in [-0.39, 0.29) is 11.4 Å². The summed E-state index contributed by atoms with van der Waals surface area (Å²) in [5.41, 5.74) is 5.49. The van der Waals surface area contributed by atoms with Gasteiger partial charge in [-0.15, -0.1) is 16.9 Å². The Hall–Kier alpha value is -2.58. The van der Waals surface area contributed by atoms with Crippen molar-refractivity contribution in [3.05, 3.63) is 58.4 Å². The van der Waals surface area contributed by atoms with Gasteiger partial charge in [0.15, 0.2) is 10.2 Å². The van der Waals surface area contributed by atoms with Crippen molar-refractivity contribution in [1.82, 2.24) is 9.58 Å². The molecule has 0 fully saturated rings. The summed E-state index contributed by atoms with van der Waals surface area (Å²) in [7, 11) is 0. The second kappa shape index (κ2) is 7.10. The lowest BCUT2D eigenvalue weighted by atomic mass is 10.1. The first kappa shape index (κ1) is 18.8. The summed E-state index contributed by atoms with van der Waals surface area (Å²) in [6, 6.07) is 10.3. The predicted octanol–water partition coefficient (Wildman–Crippen LogP) is 4.34. The first-order chi connectivity index (χ1) is 13.4. The van der Waals surface area contributed by atoms with Gasteiger partial charge in [0, 0.05) is 17.1 Å². The summed E-state index contributed by atoms with van der Waals surface area (Å²) in [5, 5.41) is 14.7. The van der Waals surface area contributed by atoms with Gasteiger partial charge in [0.1, 0.15) is 0 Å². The maximum Gasteiger partial charge on any atom is 0.283 e. The molecular weight excluding hydrogens is 390 g/mol. The van der Waals surface area contributed by atoms with Gasteiger partial charge in [0.05, 0.1) is 5.57 Å². The number of aromatic nitrogens is 1. The summed E-state index contributed by atoms with van der Waals surface area (Å²) < 4.78 is 2.92. The SMILES string of the molecule is CSC1=NN2C(=N)/C(=C/c3cc(C)n(-c4ccc(C)cc4)c3C)C(=O)N=C2S1. The van der Waals surface area contributed by atoms with Gasteiger partial charge in [-0.3, -0.25) is 10.2 Å². The van der Waals surface area contributed by atoms with Crippen molar-refractivity contribution in [2.45, 2.75) is 20.8 Å². The van der Waals surface area contributed by atoms with E-state index in [2.05, 4.69) is 45.9 Å². The first-order valence-electron chi connectivity index (χ1n) is 8.69. The molecule has 6 nitrogen and oxygen atoms in total. The van der Waals surface area contributed by atoms with Crippen molar-refractivity contribution in [3.63, 3.8) is 0 Å². The molecule has 0 saturated carbocycles. The van der Waals surface area contributed by atoms with Gasteiger partial charge in [-0.05, 0) is 68.6 Å². The fraction of sp³-hybridized carbons (Fsp3) is 0.200. The number of benzene rings is 1. The maximum atomic E-state index is 12.6. The van der Waals surface area contributed by atoms with Crippen molar-refractivity contribution < 1.29 is 4.79 Å². The van der Waals surface area contributed by atoms with E-state index in [1.54, 1.807) is 6.08 Å². The molecule has 0 radical (unpaired) electrons. The number of aryl methyl sites for hydroxylation is 2. The van der Waals surface area contributed by atoms with Crippen molar-refractivity contribution in [3.8, 4) is 5.69 Å². The van der Waals surface area contributed by atoms with Crippen molar-refractivity contribution in [2.24, 2.45) is 10.1 Å². The number of carbonyl (C=O) groups excluding carboxylic acids is 1. The number of nitrogens with zero attached hydrogens (tertiary/aromatic N) is 4. The highest BCUT2D eigenvalue weighted by Crippen LogP contribution is 2.32. The number of hydrazone groups is 1. The lowest BCUT2D eigenvalue weighted by Crippen LogP contribution is -2.35. The highest BCUT2D eigenvalue weighted by molar-refractivity contribution is 8.45. The van der Waals surface area contributed by atoms with Gasteiger partial charge >= 0.3 is 0 Å². The number of nitrogens with one attached hydrogen (secondary N) is 1. The van der Waals surface area contributed by atoms with E-state index in [1.807, 2.05) is 26.2 Å². The van der Waals surface area contributed by atoms with Crippen LogP contribution in [0.2, 0.25) is 0 Å². The van der Waals surface area contributed by atoms with E-state index in [0.717, 1.165) is 27.0 Å². The number of rotatable bonds is 2. The number of thioether (sulfide) groups is 2. The number of carbonyl (C=O) groups is 1. The Morgan fingerprint density at radius 2 is 1.89 bits per heavy atom. The summed E-state index contributed by atoms with van der Waals surface area (Å²) >= 11 is 2.79. The number of aliphatic imine (C=N–C) groups is 1. The highest BCUT2D eigenvalue weighted by Gasteiger charge is 2.35. The normalized spacial score (nSPS) is 17.9. The Bertz CT molecular complexity index is 1090. The zero-order valence-electron chi connectivity index (χ0n) is 16.0. The molecule has 0 atom stereocenters. The molecule has 1 aromatic heterocycles. The molecule has 0 unspecified atom stereocenters. The van der Waals surface area contributed by atoms with Gasteiger partial charge < -0.3 is 4.57 Å². The quantitative estimate of drug-likeness (QED) is 0.749. The molecule has 2 aromatic rings. The van der Waals surface area contributed by atoms with Crippen LogP contribution in [-0.2, 0) is 4.79 Å². The molecule has 2 aliphatic rings. The molecule has 1 aromatic carbocycles. The minimum absolute atomic E-state index is 0.0617. The average Bonchev–Trinajstić information content (AvgIpc) is 3.20. The monoisotopic (exact) mass is 409 g/mol. The van der Waals surface area contributed by atoms with Crippen molar-refractivity contribution in [2.75, 3.05) is 6.26 Å². The summed E-state index contributed by atoms with van der Waals surface area (Å²) in [6.07, 6.45) is 3.65. The number of amidine groups is 2. The Labute approximate surface area is 171 Å². The van der Waals surface area contributed by atoms with E-state index in [4.69, 9.17) is 5.41 Å². The van der Waals surface area contributed by atoms with Gasteiger partial charge in [-0.25, -0.2) is 0 Å². The number of fused-ring (bicyclic) bond motifs is 1. The zero-order valence-corrected chi connectivity index (χ0v) is 17.6. The second-order valence-electron chi connectivity index (χ2n) is 6.59. The average molecular weight is 410 g/mol. The third-order valence-corrected chi connectivity index (χ3v) is 6.56. The lowest BCUT2D eigenvalue weighted by Gasteiger charge is -2.20. The molecular formula is C20H19N5OS2. The molecule has 0 saturated heterocycles. The molecule has 0 bridgehead atoms. The molecule has 0 aliphatic carbocycles. The number of hydrogen-bond donors (Lipinski definition) is 1. The van der Waals surface area contributed by atoms with Crippen LogP contribution in [-0.4, -0.2) is 37.1 Å². The van der Waals surface area contributed by atoms with E-state index in [0.29, 0.717) is 5.17 Å². The Morgan fingerprint density at radius 3 is 2.57 bits per heavy atom. The smallest absolute Gasteiger partial charge is 0.283 e. The second-order valence-corrected chi connectivity index (χ2v) is 8.60. The standard InChI is InChI=1S/C20H19N5OS2/c1-11-5-7-15(8-6-11)24-12(2)9-14(13(24)3)10-16-17(21)25-19(22-18(16)26)28-20(23-25)27-4/h5-10,21H,1-4H3/b16-10-,21-17?. The molecule has 142 valence electrons. The summed E-state index contributed by atoms with van der Waals surface area (Å²) in [5.74, 6) is -0.340. The Kier molecular flexibility index (Phi) is 4.76. The van der Waals surface area contributed by atoms with Crippen LogP contribution in [0.5, 0.6) is 0 Å². The van der Waals surface area contributed by atoms with Crippen molar-refractivity contribution in [1.29, 1.82) is 5.41 Å². The Balaban J connectivity index is 1.75. The number of hydrogen-bond acceptors (Lipinski definition) is 5. The van der Waals surface area contributed by atoms with Crippen LogP contribution >= 0.6 is 23.5 Å². The van der Waals surface area contributed by atoms with Gasteiger partial charge in [0.2, 0.25) is 5.17 Å². The predicted molar refractivity (Wildman–Crippen MR) is 119 cm³/mol. The minimum Gasteiger partial charge on any atom is -0.318 e. The van der Waals surface area contributed by atoms with Crippen LogP contribution in [0.3, 0.4) is 0 Å². The van der Waals surface area contributed by atoms with E-state index in [1.165, 1.54) is 34.1 Å². The van der Waals surface area contributed by atoms with E-state index in [9.17, 15) is 4.79 Å². The van der Waals surface area contributed by atoms with Crippen LogP contribution < -0.4 is 0 Å². The minimum atomic E-state index is -0.401. The third kappa shape index (κ3) is 3.12. The molecule has 28 heavy (non-hydrogen) atoms. The summed E-state index contributed by atoms with van der Waals surface area (Å²) in [6.45, 7) is 6.11. The van der Waals surface area contributed by atoms with Gasteiger partial charge in [-0.2, -0.15) is 10.0 Å². The zero-order chi connectivity index (χ0) is 20.0. The number of amides is 1. The fourth-order valence-electron chi connectivity index (χ4n) is 3.24. The van der Waals surface area contributed by atoms with Crippen LogP contribution in [0, 0.1) is 26.2 Å². The van der Waals surface area contributed by atoms with Crippen molar-refractivity contribution >= 4 is 50.9 Å². The topological polar surface area (TPSA) is 73.8 Å². The molecule has 8 heteroatoms. The van der Waals surface area contributed by atoms with Crippen LogP contribution in [0.1, 0.15) is 22.5 Å². The molecule has 3 heterocycles. The van der Waals surface area contributed by atoms with Gasteiger partial charge in [0.25, 0.3) is 5.91 Å². The van der Waals surface area contributed by atoms with Crippen LogP contribution in [0.4, 0.5) is 0 Å². The summed E-state index contributed by atoms with van der Waals surface area (Å²) in [4.78, 5) is 16.7. The molecule has 0 spiro atoms. The first-order valence-corrected chi connectivity index (χ1v) is 10.7. The molecule has 2 aliphatic heterocycles. The lowest BCUT2D eigenvalue weighted by molar-refractivity contribution is -0.114. The molecule has 4 rings (SSSR count). The highest BCUT2D eigenvalue weighted by atomic mass is 32.2. The largest absolute Gasteiger partial charge is 0.318 e. The van der Waals surface area contributed by atoms with E-state index >= 15 is 0 Å². The Morgan fingerprint density at radius 1 is 1.18 bits per heavy atom.